The summed E-state index contributed by atoms with van der Waals surface area (Å²) in [6.07, 6.45) is -0.654. The van der Waals surface area contributed by atoms with Crippen molar-refractivity contribution >= 4 is 5.71 Å². The van der Waals surface area contributed by atoms with Crippen LogP contribution in [0.1, 0.15) is 39.4 Å². The molecule has 1 aromatic carbocycles. The monoisotopic (exact) mass is 283 g/mol. The lowest BCUT2D eigenvalue weighted by Crippen LogP contribution is -2.41. The van der Waals surface area contributed by atoms with Gasteiger partial charge in [0, 0.05) is 17.3 Å². The van der Waals surface area contributed by atoms with Crippen LogP contribution in [0.3, 0.4) is 0 Å². The van der Waals surface area contributed by atoms with Gasteiger partial charge in [-0.2, -0.15) is 0 Å². The van der Waals surface area contributed by atoms with Crippen LogP contribution in [0.15, 0.2) is 23.2 Å². The summed E-state index contributed by atoms with van der Waals surface area (Å²) < 4.78 is 27.0. The van der Waals surface area contributed by atoms with Crippen LogP contribution >= 0.6 is 0 Å². The van der Waals surface area contributed by atoms with Crippen molar-refractivity contribution < 1.29 is 8.78 Å². The molecule has 0 aliphatic carbocycles. The van der Waals surface area contributed by atoms with Crippen molar-refractivity contribution in [2.75, 3.05) is 7.05 Å². The zero-order chi connectivity index (χ0) is 15.5. The standard InChI is InChI=1S/C15H23F2N3/c1-9(13(18)15(2,3)4)20-14(19-5)11-8-10(16)6-7-12(11)17/h6-8,13-14,19H,18H2,1-5H3/b20-9+. The smallest absolute Gasteiger partial charge is 0.130 e. The fourth-order valence-electron chi connectivity index (χ4n) is 1.92. The maximum absolute atomic E-state index is 13.8. The molecule has 0 spiro atoms. The van der Waals surface area contributed by atoms with Gasteiger partial charge in [-0.1, -0.05) is 20.8 Å². The average molecular weight is 283 g/mol. The largest absolute Gasteiger partial charge is 0.323 e. The van der Waals surface area contributed by atoms with Crippen LogP contribution in [0.5, 0.6) is 0 Å². The molecule has 2 unspecified atom stereocenters. The SMILES string of the molecule is CNC(/N=C(\C)C(N)C(C)(C)C)c1cc(F)ccc1F. The van der Waals surface area contributed by atoms with Gasteiger partial charge in [-0.25, -0.2) is 8.78 Å². The van der Waals surface area contributed by atoms with Gasteiger partial charge in [0.05, 0.1) is 0 Å². The van der Waals surface area contributed by atoms with E-state index >= 15 is 0 Å². The van der Waals surface area contributed by atoms with Gasteiger partial charge in [0.2, 0.25) is 0 Å². The molecule has 20 heavy (non-hydrogen) atoms. The van der Waals surface area contributed by atoms with Crippen LogP contribution in [0.4, 0.5) is 8.78 Å². The summed E-state index contributed by atoms with van der Waals surface area (Å²) in [7, 11) is 1.65. The van der Waals surface area contributed by atoms with E-state index in [9.17, 15) is 8.78 Å². The number of nitrogens with zero attached hydrogens (tertiary/aromatic N) is 1. The molecule has 0 amide bonds. The average Bonchev–Trinajstić information content (AvgIpc) is 2.36. The van der Waals surface area contributed by atoms with Crippen molar-refractivity contribution in [1.82, 2.24) is 5.32 Å². The van der Waals surface area contributed by atoms with Gasteiger partial charge in [0.1, 0.15) is 17.8 Å². The predicted molar refractivity (Wildman–Crippen MR) is 78.7 cm³/mol. The zero-order valence-corrected chi connectivity index (χ0v) is 12.7. The van der Waals surface area contributed by atoms with E-state index in [1.807, 2.05) is 20.8 Å². The maximum Gasteiger partial charge on any atom is 0.130 e. The van der Waals surface area contributed by atoms with Crippen LogP contribution in [0.2, 0.25) is 0 Å². The van der Waals surface area contributed by atoms with Crippen LogP contribution in [0.25, 0.3) is 0 Å². The van der Waals surface area contributed by atoms with Crippen molar-refractivity contribution in [3.8, 4) is 0 Å². The number of hydrogen-bond acceptors (Lipinski definition) is 3. The molecule has 0 radical (unpaired) electrons. The van der Waals surface area contributed by atoms with Gasteiger partial charge in [0.25, 0.3) is 0 Å². The fraction of sp³-hybridized carbons (Fsp3) is 0.533. The Balaban J connectivity index is 3.11. The van der Waals surface area contributed by atoms with E-state index in [-0.39, 0.29) is 17.0 Å². The first-order valence-electron chi connectivity index (χ1n) is 6.59. The highest BCUT2D eigenvalue weighted by Crippen LogP contribution is 2.23. The topological polar surface area (TPSA) is 50.4 Å². The molecule has 0 aliphatic heterocycles. The molecular formula is C15H23F2N3. The number of halogens is 2. The molecule has 0 aliphatic rings. The highest BCUT2D eigenvalue weighted by atomic mass is 19.1. The lowest BCUT2D eigenvalue weighted by Gasteiger charge is -2.28. The molecule has 5 heteroatoms. The summed E-state index contributed by atoms with van der Waals surface area (Å²) in [5, 5.41) is 2.87. The lowest BCUT2D eigenvalue weighted by molar-refractivity contribution is 0.379. The Morgan fingerprint density at radius 3 is 2.40 bits per heavy atom. The molecule has 0 saturated carbocycles. The Kier molecular flexibility index (Phi) is 5.36. The third-order valence-electron chi connectivity index (χ3n) is 3.24. The van der Waals surface area contributed by atoms with Crippen molar-refractivity contribution in [2.45, 2.75) is 39.9 Å². The third-order valence-corrected chi connectivity index (χ3v) is 3.24. The second-order valence-corrected chi connectivity index (χ2v) is 5.97. The first-order chi connectivity index (χ1) is 9.16. The molecule has 1 rings (SSSR count). The van der Waals surface area contributed by atoms with E-state index in [0.717, 1.165) is 18.2 Å². The van der Waals surface area contributed by atoms with Crippen LogP contribution in [-0.4, -0.2) is 18.8 Å². The van der Waals surface area contributed by atoms with Gasteiger partial charge in [0.15, 0.2) is 0 Å². The Hall–Kier alpha value is -1.33. The van der Waals surface area contributed by atoms with Crippen LogP contribution < -0.4 is 11.1 Å². The van der Waals surface area contributed by atoms with E-state index in [1.54, 1.807) is 14.0 Å². The zero-order valence-electron chi connectivity index (χ0n) is 12.7. The molecule has 3 nitrogen and oxygen atoms in total. The van der Waals surface area contributed by atoms with Gasteiger partial charge >= 0.3 is 0 Å². The predicted octanol–water partition coefficient (Wildman–Crippen LogP) is 3.02. The first kappa shape index (κ1) is 16.7. The van der Waals surface area contributed by atoms with Gasteiger partial charge in [-0.3, -0.25) is 10.3 Å². The summed E-state index contributed by atoms with van der Waals surface area (Å²) in [4.78, 5) is 4.41. The Morgan fingerprint density at radius 1 is 1.30 bits per heavy atom. The molecule has 2 atom stereocenters. The summed E-state index contributed by atoms with van der Waals surface area (Å²) in [6, 6.07) is 3.08. The highest BCUT2D eigenvalue weighted by Gasteiger charge is 2.24. The van der Waals surface area contributed by atoms with Crippen molar-refractivity contribution in [1.29, 1.82) is 0 Å². The van der Waals surface area contributed by atoms with Gasteiger partial charge in [-0.15, -0.1) is 0 Å². The minimum atomic E-state index is -0.654. The molecule has 1 aromatic rings. The van der Waals surface area contributed by atoms with E-state index in [4.69, 9.17) is 5.73 Å². The second kappa shape index (κ2) is 6.41. The van der Waals surface area contributed by atoms with E-state index in [0.29, 0.717) is 5.71 Å². The van der Waals surface area contributed by atoms with Crippen molar-refractivity contribution in [2.24, 2.45) is 16.1 Å². The second-order valence-electron chi connectivity index (χ2n) is 5.97. The van der Waals surface area contributed by atoms with Crippen molar-refractivity contribution in [3.63, 3.8) is 0 Å². The number of hydrogen-bond donors (Lipinski definition) is 2. The molecule has 0 aromatic heterocycles. The number of aliphatic imine (C=N–C) groups is 1. The van der Waals surface area contributed by atoms with Crippen LogP contribution in [0, 0.1) is 17.0 Å². The Labute approximate surface area is 119 Å². The van der Waals surface area contributed by atoms with Crippen molar-refractivity contribution in [3.05, 3.63) is 35.4 Å². The molecule has 0 bridgehead atoms. The van der Waals surface area contributed by atoms with E-state index < -0.39 is 17.8 Å². The quantitative estimate of drug-likeness (QED) is 0.835. The first-order valence-corrected chi connectivity index (χ1v) is 6.59. The number of nitrogens with two attached hydrogens (primary N) is 1. The van der Waals surface area contributed by atoms with Gasteiger partial charge < -0.3 is 5.73 Å². The normalized spacial score (nSPS) is 16.1. The number of benzene rings is 1. The maximum atomic E-state index is 13.8. The Bertz CT molecular complexity index is 492. The molecule has 0 fully saturated rings. The minimum Gasteiger partial charge on any atom is -0.323 e. The molecular weight excluding hydrogens is 260 g/mol. The summed E-state index contributed by atoms with van der Waals surface area (Å²) >= 11 is 0. The van der Waals surface area contributed by atoms with Gasteiger partial charge in [-0.05, 0) is 37.6 Å². The summed E-state index contributed by atoms with van der Waals surface area (Å²) in [6.45, 7) is 7.83. The lowest BCUT2D eigenvalue weighted by atomic mass is 9.85. The van der Waals surface area contributed by atoms with Crippen LogP contribution in [-0.2, 0) is 0 Å². The molecule has 0 heterocycles. The number of nitrogens with one attached hydrogen (secondary N) is 1. The molecule has 3 N–H and O–H groups in total. The van der Waals surface area contributed by atoms with E-state index in [2.05, 4.69) is 10.3 Å². The summed E-state index contributed by atoms with van der Waals surface area (Å²) in [5.74, 6) is -0.985. The fourth-order valence-corrected chi connectivity index (χ4v) is 1.92. The number of rotatable bonds is 4. The third kappa shape index (κ3) is 4.08. The molecule has 112 valence electrons. The Morgan fingerprint density at radius 2 is 1.90 bits per heavy atom. The van der Waals surface area contributed by atoms with E-state index in [1.165, 1.54) is 0 Å². The highest BCUT2D eigenvalue weighted by molar-refractivity contribution is 5.88. The minimum absolute atomic E-state index is 0.146. The molecule has 0 saturated heterocycles. The summed E-state index contributed by atoms with van der Waals surface area (Å²) in [5.41, 5.74) is 6.84.